The number of phosphoric acid groups is 1. The molecular formula is C21H19N4O5P. The van der Waals surface area contributed by atoms with E-state index in [1.165, 1.54) is 4.57 Å². The van der Waals surface area contributed by atoms with Gasteiger partial charge in [-0.2, -0.15) is 9.67 Å². The van der Waals surface area contributed by atoms with Crippen molar-refractivity contribution in [3.05, 3.63) is 91.1 Å². The Hall–Kier alpha value is -3.36. The highest BCUT2D eigenvalue weighted by Crippen LogP contribution is 2.29. The number of nitrogens with zero attached hydrogens (tertiary/aromatic N) is 4. The van der Waals surface area contributed by atoms with Gasteiger partial charge >= 0.3 is 0 Å². The topological polar surface area (TPSA) is 113 Å². The zero-order valence-electron chi connectivity index (χ0n) is 16.3. The number of para-hydroxylation sites is 1. The predicted octanol–water partition coefficient (Wildman–Crippen LogP) is 2.51. The Kier molecular flexibility index (Phi) is 6.20. The molecule has 0 bridgehead atoms. The SMILES string of the molecule is O=P([O-])(O)OC[n+]1cccc(-c2cnn(Cc3ccc(Oc4ccccc4)nc3)c2)c1. The highest BCUT2D eigenvalue weighted by Gasteiger charge is 2.11. The molecule has 9 nitrogen and oxygen atoms in total. The van der Waals surface area contributed by atoms with Crippen molar-refractivity contribution >= 4 is 7.82 Å². The number of rotatable bonds is 8. The van der Waals surface area contributed by atoms with Crippen molar-refractivity contribution in [2.24, 2.45) is 0 Å². The van der Waals surface area contributed by atoms with E-state index in [9.17, 15) is 9.46 Å². The molecule has 3 aromatic heterocycles. The summed E-state index contributed by atoms with van der Waals surface area (Å²) in [4.78, 5) is 23.8. The van der Waals surface area contributed by atoms with E-state index in [2.05, 4.69) is 14.6 Å². The highest BCUT2D eigenvalue weighted by atomic mass is 31.2. The monoisotopic (exact) mass is 438 g/mol. The lowest BCUT2D eigenvalue weighted by Gasteiger charge is -2.12. The predicted molar refractivity (Wildman–Crippen MR) is 109 cm³/mol. The summed E-state index contributed by atoms with van der Waals surface area (Å²) in [5, 5.41) is 4.38. The fourth-order valence-corrected chi connectivity index (χ4v) is 3.15. The van der Waals surface area contributed by atoms with Crippen LogP contribution in [-0.2, 0) is 22.4 Å². The van der Waals surface area contributed by atoms with Crippen LogP contribution in [0.1, 0.15) is 5.56 Å². The van der Waals surface area contributed by atoms with Crippen LogP contribution in [0, 0.1) is 0 Å². The third-order valence-electron chi connectivity index (χ3n) is 4.30. The molecular weight excluding hydrogens is 419 g/mol. The highest BCUT2D eigenvalue weighted by molar-refractivity contribution is 7.44. The molecule has 10 heteroatoms. The van der Waals surface area contributed by atoms with Crippen LogP contribution in [0.3, 0.4) is 0 Å². The maximum atomic E-state index is 10.8. The van der Waals surface area contributed by atoms with Crippen molar-refractivity contribution in [1.29, 1.82) is 0 Å². The first-order valence-electron chi connectivity index (χ1n) is 9.33. The molecule has 4 rings (SSSR count). The van der Waals surface area contributed by atoms with Crippen LogP contribution in [0.5, 0.6) is 11.6 Å². The smallest absolute Gasteiger partial charge is 0.270 e. The maximum absolute atomic E-state index is 10.8. The third kappa shape index (κ3) is 6.07. The van der Waals surface area contributed by atoms with Crippen LogP contribution in [0.15, 0.2) is 85.6 Å². The Bertz CT molecular complexity index is 1190. The molecule has 0 fully saturated rings. The summed E-state index contributed by atoms with van der Waals surface area (Å²) in [6.45, 7) is 0.209. The zero-order valence-corrected chi connectivity index (χ0v) is 17.2. The Morgan fingerprint density at radius 2 is 1.90 bits per heavy atom. The number of ether oxygens (including phenoxy) is 1. The largest absolute Gasteiger partial charge is 0.756 e. The Morgan fingerprint density at radius 1 is 1.06 bits per heavy atom. The van der Waals surface area contributed by atoms with Crippen molar-refractivity contribution in [1.82, 2.24) is 14.8 Å². The van der Waals surface area contributed by atoms with Crippen LogP contribution in [0.2, 0.25) is 0 Å². The van der Waals surface area contributed by atoms with Crippen molar-refractivity contribution in [3.63, 3.8) is 0 Å². The van der Waals surface area contributed by atoms with Crippen LogP contribution in [-0.4, -0.2) is 19.7 Å². The van der Waals surface area contributed by atoms with Gasteiger partial charge in [-0.1, -0.05) is 24.3 Å². The lowest BCUT2D eigenvalue weighted by molar-refractivity contribution is -0.726. The van der Waals surface area contributed by atoms with Crippen LogP contribution < -0.4 is 14.2 Å². The van der Waals surface area contributed by atoms with E-state index >= 15 is 0 Å². The minimum atomic E-state index is -4.78. The average molecular weight is 438 g/mol. The summed E-state index contributed by atoms with van der Waals surface area (Å²) in [6, 6.07) is 16.8. The van der Waals surface area contributed by atoms with Gasteiger partial charge in [0.05, 0.1) is 12.7 Å². The van der Waals surface area contributed by atoms with E-state index in [-0.39, 0.29) is 6.73 Å². The van der Waals surface area contributed by atoms with Gasteiger partial charge in [0.1, 0.15) is 5.75 Å². The first kappa shape index (κ1) is 20.9. The number of aromatic nitrogens is 4. The Morgan fingerprint density at radius 3 is 2.65 bits per heavy atom. The van der Waals surface area contributed by atoms with Gasteiger partial charge in [-0.25, -0.2) is 4.98 Å². The Labute approximate surface area is 178 Å². The van der Waals surface area contributed by atoms with Gasteiger partial charge in [0.15, 0.2) is 12.4 Å². The van der Waals surface area contributed by atoms with Crippen LogP contribution in [0.25, 0.3) is 11.1 Å². The number of phosphoric ester groups is 1. The molecule has 0 saturated carbocycles. The lowest BCUT2D eigenvalue weighted by Crippen LogP contribution is -2.34. The van der Waals surface area contributed by atoms with Gasteiger partial charge < -0.3 is 14.5 Å². The van der Waals surface area contributed by atoms with Gasteiger partial charge in [-0.15, -0.1) is 0 Å². The molecule has 0 amide bonds. The van der Waals surface area contributed by atoms with Crippen molar-refractivity contribution in [2.75, 3.05) is 0 Å². The van der Waals surface area contributed by atoms with E-state index < -0.39 is 7.82 Å². The van der Waals surface area contributed by atoms with Gasteiger partial charge in [-0.05, 0) is 23.8 Å². The third-order valence-corrected chi connectivity index (χ3v) is 4.74. The van der Waals surface area contributed by atoms with Gasteiger partial charge in [-0.3, -0.25) is 13.8 Å². The molecule has 31 heavy (non-hydrogen) atoms. The van der Waals surface area contributed by atoms with Gasteiger partial charge in [0.25, 0.3) is 14.6 Å². The zero-order chi connectivity index (χ0) is 21.7. The molecule has 3 heterocycles. The molecule has 1 N–H and O–H groups in total. The second kappa shape index (κ2) is 9.20. The summed E-state index contributed by atoms with van der Waals surface area (Å²) in [6.07, 6.45) is 8.66. The molecule has 0 aliphatic carbocycles. The molecule has 1 atom stereocenters. The summed E-state index contributed by atoms with van der Waals surface area (Å²) in [7, 11) is -4.78. The normalized spacial score (nSPS) is 13.0. The molecule has 0 aliphatic heterocycles. The maximum Gasteiger partial charge on any atom is 0.270 e. The van der Waals surface area contributed by atoms with E-state index in [0.29, 0.717) is 12.4 Å². The minimum absolute atomic E-state index is 0.317. The lowest BCUT2D eigenvalue weighted by atomic mass is 10.2. The molecule has 0 radical (unpaired) electrons. The molecule has 1 aromatic carbocycles. The van der Waals surface area contributed by atoms with E-state index in [1.807, 2.05) is 54.7 Å². The average Bonchev–Trinajstić information content (AvgIpc) is 3.23. The van der Waals surface area contributed by atoms with Crippen LogP contribution >= 0.6 is 7.82 Å². The van der Waals surface area contributed by atoms with Crippen LogP contribution in [0.4, 0.5) is 0 Å². The second-order valence-electron chi connectivity index (χ2n) is 6.68. The molecule has 158 valence electrons. The molecule has 0 aliphatic rings. The van der Waals surface area contributed by atoms with Gasteiger partial charge in [0.2, 0.25) is 5.88 Å². The van der Waals surface area contributed by atoms with E-state index in [0.717, 1.165) is 22.4 Å². The minimum Gasteiger partial charge on any atom is -0.756 e. The summed E-state index contributed by atoms with van der Waals surface area (Å²) in [5.74, 6) is 1.24. The summed E-state index contributed by atoms with van der Waals surface area (Å²) in [5.41, 5.74) is 2.63. The number of pyridine rings is 2. The quantitative estimate of drug-likeness (QED) is 0.332. The fraction of sp³-hybridized carbons (Fsp3) is 0.0952. The Balaban J connectivity index is 1.41. The number of hydrogen-bond acceptors (Lipinski definition) is 6. The van der Waals surface area contributed by atoms with E-state index in [4.69, 9.17) is 9.63 Å². The van der Waals surface area contributed by atoms with Crippen molar-refractivity contribution in [2.45, 2.75) is 13.3 Å². The summed E-state index contributed by atoms with van der Waals surface area (Å²) >= 11 is 0. The summed E-state index contributed by atoms with van der Waals surface area (Å²) < 4.78 is 24.2. The second-order valence-corrected chi connectivity index (χ2v) is 7.88. The standard InChI is InChI=1S/C21H19N4O5P/c26-31(27,28)29-16-24-10-4-5-18(14-24)19-12-23-25(15-19)13-17-8-9-21(22-11-17)30-20-6-2-1-3-7-20/h1-12,14-15H,13,16H2,(H-,26,27,28). The fourth-order valence-electron chi connectivity index (χ4n) is 2.87. The molecule has 0 saturated heterocycles. The molecule has 4 aromatic rings. The first-order chi connectivity index (χ1) is 14.9. The van der Waals surface area contributed by atoms with E-state index in [1.54, 1.807) is 35.5 Å². The molecule has 1 unspecified atom stereocenters. The molecule has 0 spiro atoms. The van der Waals surface area contributed by atoms with Crippen molar-refractivity contribution in [3.8, 4) is 22.8 Å². The number of benzene rings is 1. The number of hydrogen-bond donors (Lipinski definition) is 1. The first-order valence-corrected chi connectivity index (χ1v) is 10.8. The van der Waals surface area contributed by atoms with Crippen molar-refractivity contribution < 1.29 is 28.2 Å². The van der Waals surface area contributed by atoms with Gasteiger partial charge in [0, 0.05) is 35.7 Å².